The molecule has 0 radical (unpaired) electrons. The van der Waals surface area contributed by atoms with E-state index < -0.39 is 30.4 Å². The lowest BCUT2D eigenvalue weighted by molar-refractivity contribution is -0.0740. The number of aromatic nitrogens is 2. The van der Waals surface area contributed by atoms with Crippen LogP contribution in [0.2, 0.25) is 0 Å². The van der Waals surface area contributed by atoms with E-state index in [0.29, 0.717) is 12.3 Å². The molecule has 4 atom stereocenters. The molecule has 3 aromatic rings. The lowest BCUT2D eigenvalue weighted by Crippen LogP contribution is -2.34. The highest BCUT2D eigenvalue weighted by atomic mass is 19.1. The highest BCUT2D eigenvalue weighted by Gasteiger charge is 2.47. The third-order valence-corrected chi connectivity index (χ3v) is 5.70. The normalized spacial score (nSPS) is 21.2. The summed E-state index contributed by atoms with van der Waals surface area (Å²) in [7, 11) is 0. The van der Waals surface area contributed by atoms with E-state index in [0.717, 1.165) is 11.1 Å². The standard InChI is InChI=1S/C26H28FN7O4/c1-2-36-25(32-26(28)33-34-29)24-30-13-19(31-24)22-21(27)23(37-15-18-11-7-4-8-12-18)20(38-22)16-35-14-17-9-5-3-6-10-17/h3-13,20-23,28H,2,14-16H2,1H3,(H,30,31)/t20-,21+,22+,23-/m1/s1. The summed E-state index contributed by atoms with van der Waals surface area (Å²) in [4.78, 5) is 13.5. The first-order valence-electron chi connectivity index (χ1n) is 12.1. The maximum Gasteiger partial charge on any atom is 0.259 e. The fourth-order valence-corrected chi connectivity index (χ4v) is 3.97. The van der Waals surface area contributed by atoms with E-state index in [2.05, 4.69) is 25.0 Å². The molecule has 1 aliphatic heterocycles. The molecular formula is C26H28FN7O4. The number of imidazole rings is 1. The maximum absolute atomic E-state index is 15.8. The minimum absolute atomic E-state index is 0.0656. The Morgan fingerprint density at radius 2 is 1.82 bits per heavy atom. The van der Waals surface area contributed by atoms with Gasteiger partial charge in [-0.1, -0.05) is 60.7 Å². The molecule has 0 saturated carbocycles. The van der Waals surface area contributed by atoms with Gasteiger partial charge in [0.2, 0.25) is 5.96 Å². The van der Waals surface area contributed by atoms with Crippen molar-refractivity contribution in [3.05, 3.63) is 99.9 Å². The molecule has 38 heavy (non-hydrogen) atoms. The molecule has 2 N–H and O–H groups in total. The zero-order chi connectivity index (χ0) is 26.7. The first-order chi connectivity index (χ1) is 18.6. The second-order valence-corrected chi connectivity index (χ2v) is 8.35. The Morgan fingerprint density at radius 1 is 1.13 bits per heavy atom. The number of alkyl halides is 1. The molecule has 2 aromatic carbocycles. The molecule has 1 saturated heterocycles. The number of ether oxygens (including phenoxy) is 4. The molecule has 0 aliphatic carbocycles. The smallest absolute Gasteiger partial charge is 0.259 e. The van der Waals surface area contributed by atoms with Crippen LogP contribution in [0.5, 0.6) is 0 Å². The Hall–Kier alpha value is -4.09. The average molecular weight is 522 g/mol. The second-order valence-electron chi connectivity index (χ2n) is 8.35. The quantitative estimate of drug-likeness (QED) is 0.126. The van der Waals surface area contributed by atoms with Crippen LogP contribution in [-0.2, 0) is 32.2 Å². The number of hydrogen-bond acceptors (Lipinski definition) is 6. The lowest BCUT2D eigenvalue weighted by atomic mass is 10.1. The summed E-state index contributed by atoms with van der Waals surface area (Å²) in [5, 5.41) is 10.7. The van der Waals surface area contributed by atoms with Crippen LogP contribution in [0.1, 0.15) is 35.7 Å². The first-order valence-corrected chi connectivity index (χ1v) is 12.1. The molecular weight excluding hydrogens is 493 g/mol. The van der Waals surface area contributed by atoms with Crippen molar-refractivity contribution in [2.45, 2.75) is 44.6 Å². The number of nitrogens with zero attached hydrogens (tertiary/aromatic N) is 5. The Bertz CT molecular complexity index is 1260. The van der Waals surface area contributed by atoms with Crippen molar-refractivity contribution in [1.82, 2.24) is 9.97 Å². The van der Waals surface area contributed by atoms with Crippen molar-refractivity contribution < 1.29 is 23.3 Å². The van der Waals surface area contributed by atoms with Crippen LogP contribution in [0.4, 0.5) is 4.39 Å². The number of nitrogens with one attached hydrogen (secondary N) is 2. The van der Waals surface area contributed by atoms with Crippen molar-refractivity contribution in [2.24, 2.45) is 10.1 Å². The van der Waals surface area contributed by atoms with Gasteiger partial charge >= 0.3 is 0 Å². The molecule has 0 amide bonds. The summed E-state index contributed by atoms with van der Waals surface area (Å²) >= 11 is 0. The lowest BCUT2D eigenvalue weighted by Gasteiger charge is -2.20. The van der Waals surface area contributed by atoms with E-state index in [4.69, 9.17) is 29.9 Å². The van der Waals surface area contributed by atoms with Crippen LogP contribution in [0.15, 0.2) is 77.0 Å². The number of hydrogen-bond donors (Lipinski definition) is 2. The number of benzene rings is 2. The first kappa shape index (κ1) is 27.0. The SMILES string of the molecule is CCOC(=NC(=N)N=[N+]=[N-])c1ncc([C@@H]2O[C@H](COCc3ccccc3)[C@@H](OCc3ccccc3)[C@H]2F)[nH]1. The van der Waals surface area contributed by atoms with Crippen LogP contribution in [-0.4, -0.2) is 53.4 Å². The van der Waals surface area contributed by atoms with E-state index in [1.54, 1.807) is 6.92 Å². The number of azide groups is 1. The highest BCUT2D eigenvalue weighted by Crippen LogP contribution is 2.37. The van der Waals surface area contributed by atoms with Gasteiger partial charge in [-0.05, 0) is 28.7 Å². The molecule has 1 fully saturated rings. The number of aromatic amines is 1. The zero-order valence-corrected chi connectivity index (χ0v) is 20.7. The van der Waals surface area contributed by atoms with Gasteiger partial charge < -0.3 is 23.9 Å². The Morgan fingerprint density at radius 3 is 2.47 bits per heavy atom. The number of rotatable bonds is 10. The third-order valence-electron chi connectivity index (χ3n) is 5.70. The zero-order valence-electron chi connectivity index (χ0n) is 20.7. The molecule has 11 nitrogen and oxygen atoms in total. The summed E-state index contributed by atoms with van der Waals surface area (Å²) in [6, 6.07) is 19.2. The van der Waals surface area contributed by atoms with Gasteiger partial charge in [0.1, 0.15) is 18.3 Å². The number of aliphatic imine (C=N–C) groups is 1. The fraction of sp³-hybridized carbons (Fsp3) is 0.346. The van der Waals surface area contributed by atoms with E-state index in [1.807, 2.05) is 60.7 Å². The second kappa shape index (κ2) is 13.5. The van der Waals surface area contributed by atoms with Gasteiger partial charge in [-0.3, -0.25) is 5.41 Å². The topological polar surface area (TPSA) is 151 Å². The minimum atomic E-state index is -1.52. The molecule has 1 aromatic heterocycles. The Labute approximate surface area is 218 Å². The Balaban J connectivity index is 1.50. The van der Waals surface area contributed by atoms with Crippen molar-refractivity contribution in [2.75, 3.05) is 13.2 Å². The maximum atomic E-state index is 15.8. The van der Waals surface area contributed by atoms with Gasteiger partial charge in [0.05, 0.1) is 38.3 Å². The highest BCUT2D eigenvalue weighted by molar-refractivity contribution is 5.99. The molecule has 198 valence electrons. The predicted octanol–water partition coefficient (Wildman–Crippen LogP) is 5.02. The van der Waals surface area contributed by atoms with Crippen molar-refractivity contribution >= 4 is 11.9 Å². The minimum Gasteiger partial charge on any atom is -0.475 e. The fourth-order valence-electron chi connectivity index (χ4n) is 3.97. The van der Waals surface area contributed by atoms with Gasteiger partial charge in [0.15, 0.2) is 12.0 Å². The summed E-state index contributed by atoms with van der Waals surface area (Å²) in [6.07, 6.45) is -2.68. The molecule has 0 unspecified atom stereocenters. The third kappa shape index (κ3) is 7.02. The number of guanidine groups is 1. The van der Waals surface area contributed by atoms with E-state index in [1.165, 1.54) is 6.20 Å². The molecule has 4 rings (SSSR count). The molecule has 0 bridgehead atoms. The van der Waals surface area contributed by atoms with Crippen molar-refractivity contribution in [3.63, 3.8) is 0 Å². The number of halogens is 1. The molecule has 1 aliphatic rings. The summed E-state index contributed by atoms with van der Waals surface area (Å²) < 4.78 is 39.2. The van der Waals surface area contributed by atoms with Crippen LogP contribution in [0.3, 0.4) is 0 Å². The summed E-state index contributed by atoms with van der Waals surface area (Å²) in [5.41, 5.74) is 10.8. The van der Waals surface area contributed by atoms with Crippen LogP contribution in [0, 0.1) is 5.41 Å². The van der Waals surface area contributed by atoms with Crippen LogP contribution in [0.25, 0.3) is 10.4 Å². The molecule has 0 spiro atoms. The van der Waals surface area contributed by atoms with Gasteiger partial charge in [-0.15, -0.1) is 0 Å². The molecule has 12 heteroatoms. The van der Waals surface area contributed by atoms with Crippen molar-refractivity contribution in [3.8, 4) is 0 Å². The van der Waals surface area contributed by atoms with Gasteiger partial charge in [-0.25, -0.2) is 9.37 Å². The average Bonchev–Trinajstić information content (AvgIpc) is 3.53. The van der Waals surface area contributed by atoms with E-state index >= 15 is 4.39 Å². The van der Waals surface area contributed by atoms with Crippen LogP contribution < -0.4 is 0 Å². The number of H-pyrrole nitrogens is 1. The summed E-state index contributed by atoms with van der Waals surface area (Å²) in [5.74, 6) is -0.523. The van der Waals surface area contributed by atoms with Crippen LogP contribution >= 0.6 is 0 Å². The van der Waals surface area contributed by atoms with Gasteiger partial charge in [0.25, 0.3) is 5.90 Å². The van der Waals surface area contributed by atoms with Gasteiger partial charge in [0, 0.05) is 4.91 Å². The molecule has 2 heterocycles. The van der Waals surface area contributed by atoms with Crippen molar-refractivity contribution in [1.29, 1.82) is 5.41 Å². The van der Waals surface area contributed by atoms with Gasteiger partial charge in [-0.2, -0.15) is 4.99 Å². The predicted molar refractivity (Wildman–Crippen MR) is 137 cm³/mol. The Kier molecular flexibility index (Phi) is 9.54. The largest absolute Gasteiger partial charge is 0.475 e. The van der Waals surface area contributed by atoms with E-state index in [-0.39, 0.29) is 31.5 Å². The van der Waals surface area contributed by atoms with E-state index in [9.17, 15) is 0 Å². The monoisotopic (exact) mass is 521 g/mol. The summed E-state index contributed by atoms with van der Waals surface area (Å²) in [6.45, 7) is 2.64.